The Kier molecular flexibility index (Phi) is 7.97. The van der Waals surface area contributed by atoms with E-state index in [0.29, 0.717) is 16.7 Å². The number of alkyl halides is 3. The zero-order chi connectivity index (χ0) is 27.7. The molecule has 0 aliphatic rings. The Morgan fingerprint density at radius 1 is 0.892 bits per heavy atom. The first kappa shape index (κ1) is 27.7. The number of urea groups is 1. The monoisotopic (exact) mass is 542 g/mol. The fourth-order valence-electron chi connectivity index (χ4n) is 3.36. The number of anilines is 1. The van der Waals surface area contributed by atoms with Crippen LogP contribution in [0.5, 0.6) is 17.2 Å². The number of imide groups is 1. The Hall–Kier alpha value is -3.86. The minimum Gasteiger partial charge on any atom is -0.455 e. The van der Waals surface area contributed by atoms with E-state index in [-0.39, 0.29) is 33.5 Å². The second-order valence-corrected chi connectivity index (χ2v) is 8.43. The summed E-state index contributed by atoms with van der Waals surface area (Å²) in [5.41, 5.74) is 0.548. The van der Waals surface area contributed by atoms with Gasteiger partial charge in [0.2, 0.25) is 0 Å². The third kappa shape index (κ3) is 6.48. The molecule has 3 aromatic rings. The number of carbonyl (C=O) groups is 2. The Morgan fingerprint density at radius 3 is 2.05 bits per heavy atom. The summed E-state index contributed by atoms with van der Waals surface area (Å²) < 4.78 is 75.3. The molecule has 0 saturated carbocycles. The molecular formula is C25H20ClF5N2O4. The number of hydrogen-bond acceptors (Lipinski definition) is 4. The molecule has 0 spiro atoms. The molecule has 0 aliphatic heterocycles. The van der Waals surface area contributed by atoms with Crippen molar-refractivity contribution < 1.29 is 41.0 Å². The van der Waals surface area contributed by atoms with Gasteiger partial charge in [0.05, 0.1) is 5.02 Å². The van der Waals surface area contributed by atoms with Gasteiger partial charge in [0.15, 0.2) is 0 Å². The Labute approximate surface area is 213 Å². The SMILES string of the molecule is Cc1cc(OC(F)(F)F)c(C)cc1Oc1c(C)cc(NC(=O)NC(=O)c2c(F)cccc2F)c(C)c1Cl. The maximum absolute atomic E-state index is 13.8. The molecule has 0 aromatic heterocycles. The number of benzene rings is 3. The van der Waals surface area contributed by atoms with E-state index >= 15 is 0 Å². The number of nitrogens with one attached hydrogen (secondary N) is 2. The Morgan fingerprint density at radius 2 is 1.46 bits per heavy atom. The lowest BCUT2D eigenvalue weighted by Crippen LogP contribution is -2.35. The highest BCUT2D eigenvalue weighted by molar-refractivity contribution is 6.33. The lowest BCUT2D eigenvalue weighted by atomic mass is 10.1. The van der Waals surface area contributed by atoms with Crippen LogP contribution in [0.25, 0.3) is 0 Å². The fraction of sp³-hybridized carbons (Fsp3) is 0.200. The number of hydrogen-bond donors (Lipinski definition) is 2. The largest absolute Gasteiger partial charge is 0.573 e. The van der Waals surface area contributed by atoms with E-state index in [2.05, 4.69) is 10.1 Å². The molecule has 2 N–H and O–H groups in total. The minimum atomic E-state index is -4.85. The molecule has 12 heteroatoms. The molecule has 196 valence electrons. The van der Waals surface area contributed by atoms with E-state index in [1.807, 2.05) is 5.32 Å². The standard InChI is InChI=1S/C25H20ClF5N2O4/c1-11-10-19(37-25(29,30)31)12(2)9-18(11)36-22-13(3)8-17(14(4)21(22)26)32-24(35)33-23(34)20-15(27)6-5-7-16(20)28/h5-10H,1-4H3,(H2,32,33,34,35). The van der Waals surface area contributed by atoms with Crippen molar-refractivity contribution in [2.24, 2.45) is 0 Å². The van der Waals surface area contributed by atoms with E-state index in [9.17, 15) is 31.5 Å². The van der Waals surface area contributed by atoms with Crippen LogP contribution in [0.3, 0.4) is 0 Å². The van der Waals surface area contributed by atoms with Crippen LogP contribution in [0, 0.1) is 39.3 Å². The Bertz CT molecular complexity index is 1370. The van der Waals surface area contributed by atoms with Crippen molar-refractivity contribution in [1.29, 1.82) is 0 Å². The van der Waals surface area contributed by atoms with Gasteiger partial charge in [0.1, 0.15) is 34.4 Å². The van der Waals surface area contributed by atoms with Gasteiger partial charge in [-0.15, -0.1) is 13.2 Å². The molecule has 0 heterocycles. The third-order valence-electron chi connectivity index (χ3n) is 5.23. The average molecular weight is 543 g/mol. The van der Waals surface area contributed by atoms with Crippen LogP contribution in [0.1, 0.15) is 32.6 Å². The summed E-state index contributed by atoms with van der Waals surface area (Å²) in [5.74, 6) is -3.51. The zero-order valence-corrected chi connectivity index (χ0v) is 20.6. The summed E-state index contributed by atoms with van der Waals surface area (Å²) in [6, 6.07) is 5.80. The second-order valence-electron chi connectivity index (χ2n) is 8.05. The van der Waals surface area contributed by atoms with Crippen molar-refractivity contribution in [3.05, 3.63) is 80.9 Å². The predicted molar refractivity (Wildman–Crippen MR) is 126 cm³/mol. The van der Waals surface area contributed by atoms with Crippen LogP contribution in [-0.2, 0) is 0 Å². The first-order valence-corrected chi connectivity index (χ1v) is 11.0. The van der Waals surface area contributed by atoms with Gasteiger partial charge in [-0.05, 0) is 80.3 Å². The van der Waals surface area contributed by atoms with Gasteiger partial charge < -0.3 is 14.8 Å². The molecule has 0 unspecified atom stereocenters. The molecule has 37 heavy (non-hydrogen) atoms. The summed E-state index contributed by atoms with van der Waals surface area (Å²) in [5, 5.41) is 4.32. The summed E-state index contributed by atoms with van der Waals surface area (Å²) >= 11 is 6.45. The highest BCUT2D eigenvalue weighted by Crippen LogP contribution is 2.41. The smallest absolute Gasteiger partial charge is 0.455 e. The molecule has 6 nitrogen and oxygen atoms in total. The number of halogens is 6. The topological polar surface area (TPSA) is 76.7 Å². The molecule has 3 aromatic carbocycles. The quantitative estimate of drug-likeness (QED) is 0.327. The van der Waals surface area contributed by atoms with Crippen LogP contribution in [0.2, 0.25) is 5.02 Å². The third-order valence-corrected chi connectivity index (χ3v) is 5.68. The molecular weight excluding hydrogens is 523 g/mol. The van der Waals surface area contributed by atoms with Crippen LogP contribution < -0.4 is 20.1 Å². The maximum Gasteiger partial charge on any atom is 0.573 e. The van der Waals surface area contributed by atoms with Gasteiger partial charge in [0.25, 0.3) is 5.91 Å². The van der Waals surface area contributed by atoms with Crippen LogP contribution in [0.4, 0.5) is 32.4 Å². The zero-order valence-electron chi connectivity index (χ0n) is 19.9. The van der Waals surface area contributed by atoms with Crippen molar-refractivity contribution in [3.8, 4) is 17.2 Å². The number of amides is 3. The van der Waals surface area contributed by atoms with E-state index < -0.39 is 35.5 Å². The molecule has 3 rings (SSSR count). The van der Waals surface area contributed by atoms with Gasteiger partial charge >= 0.3 is 12.4 Å². The average Bonchev–Trinajstić information content (AvgIpc) is 2.76. The summed E-state index contributed by atoms with van der Waals surface area (Å²) in [4.78, 5) is 24.5. The van der Waals surface area contributed by atoms with E-state index in [1.165, 1.54) is 32.0 Å². The Balaban J connectivity index is 1.81. The number of ether oxygens (including phenoxy) is 2. The molecule has 0 fully saturated rings. The highest BCUT2D eigenvalue weighted by atomic mass is 35.5. The van der Waals surface area contributed by atoms with E-state index in [1.54, 1.807) is 13.8 Å². The molecule has 0 aliphatic carbocycles. The van der Waals surface area contributed by atoms with Crippen LogP contribution >= 0.6 is 11.6 Å². The predicted octanol–water partition coefficient (Wildman–Crippen LogP) is 7.50. The lowest BCUT2D eigenvalue weighted by molar-refractivity contribution is -0.274. The summed E-state index contributed by atoms with van der Waals surface area (Å²) in [6.45, 7) is 6.10. The highest BCUT2D eigenvalue weighted by Gasteiger charge is 2.32. The van der Waals surface area contributed by atoms with Gasteiger partial charge in [0, 0.05) is 5.69 Å². The van der Waals surface area contributed by atoms with E-state index in [4.69, 9.17) is 16.3 Å². The molecule has 3 amide bonds. The van der Waals surface area contributed by atoms with Gasteiger partial charge in [-0.3, -0.25) is 10.1 Å². The molecule has 0 saturated heterocycles. The van der Waals surface area contributed by atoms with Gasteiger partial charge in [-0.25, -0.2) is 13.6 Å². The van der Waals surface area contributed by atoms with Crippen LogP contribution in [-0.4, -0.2) is 18.3 Å². The van der Waals surface area contributed by atoms with Crippen molar-refractivity contribution in [1.82, 2.24) is 5.32 Å². The minimum absolute atomic E-state index is 0.0782. The molecule has 0 bridgehead atoms. The van der Waals surface area contributed by atoms with Gasteiger partial charge in [-0.2, -0.15) is 0 Å². The van der Waals surface area contributed by atoms with E-state index in [0.717, 1.165) is 18.2 Å². The van der Waals surface area contributed by atoms with Crippen LogP contribution in [0.15, 0.2) is 36.4 Å². The van der Waals surface area contributed by atoms with Crippen molar-refractivity contribution >= 4 is 29.2 Å². The number of rotatable bonds is 5. The first-order valence-electron chi connectivity index (χ1n) is 10.6. The number of carbonyl (C=O) groups excluding carboxylic acids is 2. The maximum atomic E-state index is 13.8. The number of aryl methyl sites for hydroxylation is 3. The molecule has 0 radical (unpaired) electrons. The van der Waals surface area contributed by atoms with Gasteiger partial charge in [-0.1, -0.05) is 17.7 Å². The summed E-state index contributed by atoms with van der Waals surface area (Å²) in [6.07, 6.45) is -4.85. The lowest BCUT2D eigenvalue weighted by Gasteiger charge is -2.19. The second kappa shape index (κ2) is 10.6. The normalized spacial score (nSPS) is 11.2. The molecule has 0 atom stereocenters. The van der Waals surface area contributed by atoms with Crippen molar-refractivity contribution in [2.75, 3.05) is 5.32 Å². The summed E-state index contributed by atoms with van der Waals surface area (Å²) in [7, 11) is 0. The fourth-order valence-corrected chi connectivity index (χ4v) is 3.65. The first-order chi connectivity index (χ1) is 17.2. The van der Waals surface area contributed by atoms with Crippen molar-refractivity contribution in [2.45, 2.75) is 34.1 Å². The van der Waals surface area contributed by atoms with Crippen molar-refractivity contribution in [3.63, 3.8) is 0 Å².